The summed E-state index contributed by atoms with van der Waals surface area (Å²) in [5, 5.41) is 4.43. The molecule has 2 heterocycles. The Labute approximate surface area is 111 Å². The van der Waals surface area contributed by atoms with Crippen LogP contribution < -0.4 is 5.32 Å². The summed E-state index contributed by atoms with van der Waals surface area (Å²) in [6, 6.07) is 1.92. The lowest BCUT2D eigenvalue weighted by Crippen LogP contribution is -2.03. The SMILES string of the molecule is Cc1nc(CNc2ccnc(C3CC3)n2)sc1C. The average molecular weight is 260 g/mol. The van der Waals surface area contributed by atoms with Crippen molar-refractivity contribution in [1.29, 1.82) is 0 Å². The summed E-state index contributed by atoms with van der Waals surface area (Å²) in [4.78, 5) is 14.6. The highest BCUT2D eigenvalue weighted by Crippen LogP contribution is 2.38. The summed E-state index contributed by atoms with van der Waals surface area (Å²) >= 11 is 1.74. The molecule has 3 rings (SSSR count). The fraction of sp³-hybridized carbons (Fsp3) is 0.462. The minimum Gasteiger partial charge on any atom is -0.363 e. The number of nitrogens with one attached hydrogen (secondary N) is 1. The van der Waals surface area contributed by atoms with E-state index in [0.29, 0.717) is 5.92 Å². The van der Waals surface area contributed by atoms with Crippen molar-refractivity contribution < 1.29 is 0 Å². The fourth-order valence-electron chi connectivity index (χ4n) is 1.79. The maximum Gasteiger partial charge on any atom is 0.133 e. The second kappa shape index (κ2) is 4.65. The van der Waals surface area contributed by atoms with Crippen molar-refractivity contribution >= 4 is 17.2 Å². The molecule has 1 fully saturated rings. The molecular weight excluding hydrogens is 244 g/mol. The zero-order valence-corrected chi connectivity index (χ0v) is 11.4. The Morgan fingerprint density at radius 2 is 2.17 bits per heavy atom. The van der Waals surface area contributed by atoms with Gasteiger partial charge in [0.05, 0.1) is 12.2 Å². The third-order valence-corrected chi connectivity index (χ3v) is 4.18. The van der Waals surface area contributed by atoms with Gasteiger partial charge in [0, 0.05) is 17.0 Å². The van der Waals surface area contributed by atoms with Crippen LogP contribution >= 0.6 is 11.3 Å². The molecule has 94 valence electrons. The van der Waals surface area contributed by atoms with Crippen LogP contribution in [0.5, 0.6) is 0 Å². The molecule has 2 aromatic heterocycles. The topological polar surface area (TPSA) is 50.7 Å². The highest BCUT2D eigenvalue weighted by molar-refractivity contribution is 7.11. The first-order valence-electron chi connectivity index (χ1n) is 6.22. The minimum atomic E-state index is 0.594. The van der Waals surface area contributed by atoms with E-state index in [4.69, 9.17) is 0 Å². The summed E-state index contributed by atoms with van der Waals surface area (Å²) in [6.07, 6.45) is 4.30. The summed E-state index contributed by atoms with van der Waals surface area (Å²) in [5.74, 6) is 2.47. The van der Waals surface area contributed by atoms with Crippen LogP contribution in [-0.4, -0.2) is 15.0 Å². The number of aromatic nitrogens is 3. The molecule has 0 saturated heterocycles. The van der Waals surface area contributed by atoms with Crippen LogP contribution in [0.4, 0.5) is 5.82 Å². The molecule has 1 aliphatic carbocycles. The summed E-state index contributed by atoms with van der Waals surface area (Å²) in [6.45, 7) is 4.89. The number of nitrogens with zero attached hydrogens (tertiary/aromatic N) is 3. The molecule has 18 heavy (non-hydrogen) atoms. The van der Waals surface area contributed by atoms with E-state index < -0.39 is 0 Å². The van der Waals surface area contributed by atoms with E-state index >= 15 is 0 Å². The van der Waals surface area contributed by atoms with Crippen molar-refractivity contribution in [2.45, 2.75) is 39.2 Å². The number of rotatable bonds is 4. The van der Waals surface area contributed by atoms with Crippen molar-refractivity contribution in [2.24, 2.45) is 0 Å². The predicted octanol–water partition coefficient (Wildman–Crippen LogP) is 3.04. The maximum atomic E-state index is 4.53. The van der Waals surface area contributed by atoms with Gasteiger partial charge in [-0.3, -0.25) is 0 Å². The second-order valence-electron chi connectivity index (χ2n) is 4.68. The summed E-state index contributed by atoms with van der Waals surface area (Å²) < 4.78 is 0. The Morgan fingerprint density at radius 3 is 2.83 bits per heavy atom. The van der Waals surface area contributed by atoms with Crippen molar-refractivity contribution in [3.63, 3.8) is 0 Å². The van der Waals surface area contributed by atoms with Gasteiger partial charge in [0.1, 0.15) is 16.6 Å². The van der Waals surface area contributed by atoms with Crippen LogP contribution in [0.25, 0.3) is 0 Å². The molecule has 1 saturated carbocycles. The summed E-state index contributed by atoms with van der Waals surface area (Å²) in [7, 11) is 0. The van der Waals surface area contributed by atoms with E-state index in [1.165, 1.54) is 17.7 Å². The number of hydrogen-bond acceptors (Lipinski definition) is 5. The van der Waals surface area contributed by atoms with Gasteiger partial charge < -0.3 is 5.32 Å². The minimum absolute atomic E-state index is 0.594. The Bertz CT molecular complexity index is 540. The zero-order valence-electron chi connectivity index (χ0n) is 10.6. The molecule has 0 unspecified atom stereocenters. The molecule has 0 radical (unpaired) electrons. The standard InChI is InChI=1S/C13H16N4S/c1-8-9(2)18-12(16-8)7-15-11-5-6-14-13(17-11)10-3-4-10/h5-6,10H,3-4,7H2,1-2H3,(H,14,15,17). The van der Waals surface area contributed by atoms with E-state index in [1.807, 2.05) is 19.2 Å². The zero-order chi connectivity index (χ0) is 12.5. The Hall–Kier alpha value is -1.49. The highest BCUT2D eigenvalue weighted by atomic mass is 32.1. The van der Waals surface area contributed by atoms with Gasteiger partial charge in [-0.1, -0.05) is 0 Å². The third-order valence-electron chi connectivity index (χ3n) is 3.11. The fourth-order valence-corrected chi connectivity index (χ4v) is 2.67. The first kappa shape index (κ1) is 11.6. The monoisotopic (exact) mass is 260 g/mol. The molecule has 0 aromatic carbocycles. The smallest absolute Gasteiger partial charge is 0.133 e. The highest BCUT2D eigenvalue weighted by Gasteiger charge is 2.26. The predicted molar refractivity (Wildman–Crippen MR) is 72.9 cm³/mol. The molecule has 5 heteroatoms. The van der Waals surface area contributed by atoms with E-state index in [9.17, 15) is 0 Å². The Kier molecular flexibility index (Phi) is 2.99. The van der Waals surface area contributed by atoms with Crippen molar-refractivity contribution in [1.82, 2.24) is 15.0 Å². The normalized spacial score (nSPS) is 14.8. The molecule has 1 N–H and O–H groups in total. The first-order valence-corrected chi connectivity index (χ1v) is 7.04. The van der Waals surface area contributed by atoms with E-state index in [0.717, 1.165) is 28.9 Å². The molecule has 2 aromatic rings. The first-order chi connectivity index (χ1) is 8.72. The molecule has 0 bridgehead atoms. The molecule has 0 spiro atoms. The van der Waals surface area contributed by atoms with E-state index in [-0.39, 0.29) is 0 Å². The van der Waals surface area contributed by atoms with Gasteiger partial charge in [0.15, 0.2) is 0 Å². The van der Waals surface area contributed by atoms with Gasteiger partial charge in [-0.2, -0.15) is 0 Å². The van der Waals surface area contributed by atoms with Crippen molar-refractivity contribution in [3.8, 4) is 0 Å². The van der Waals surface area contributed by atoms with Gasteiger partial charge in [0.2, 0.25) is 0 Å². The third kappa shape index (κ3) is 2.51. The van der Waals surface area contributed by atoms with Gasteiger partial charge in [-0.05, 0) is 32.8 Å². The summed E-state index contributed by atoms with van der Waals surface area (Å²) in [5.41, 5.74) is 1.12. The maximum absolute atomic E-state index is 4.53. The Balaban J connectivity index is 1.67. The largest absolute Gasteiger partial charge is 0.363 e. The van der Waals surface area contributed by atoms with Gasteiger partial charge in [-0.25, -0.2) is 15.0 Å². The van der Waals surface area contributed by atoms with Gasteiger partial charge in [-0.15, -0.1) is 11.3 Å². The lowest BCUT2D eigenvalue weighted by atomic mass is 10.4. The Morgan fingerprint density at radius 1 is 1.33 bits per heavy atom. The number of thiazole rings is 1. The van der Waals surface area contributed by atoms with Crippen LogP contribution in [0.2, 0.25) is 0 Å². The molecule has 0 atom stereocenters. The van der Waals surface area contributed by atoms with Crippen LogP contribution in [0.3, 0.4) is 0 Å². The molecule has 0 amide bonds. The molecule has 0 aliphatic heterocycles. The van der Waals surface area contributed by atoms with E-state index in [2.05, 4.69) is 27.2 Å². The molecular formula is C13H16N4S. The van der Waals surface area contributed by atoms with Gasteiger partial charge in [0.25, 0.3) is 0 Å². The molecule has 1 aliphatic rings. The van der Waals surface area contributed by atoms with Crippen molar-refractivity contribution in [3.05, 3.63) is 33.7 Å². The molecule has 4 nitrogen and oxygen atoms in total. The van der Waals surface area contributed by atoms with Gasteiger partial charge >= 0.3 is 0 Å². The lowest BCUT2D eigenvalue weighted by molar-refractivity contribution is 0.919. The van der Waals surface area contributed by atoms with Crippen molar-refractivity contribution in [2.75, 3.05) is 5.32 Å². The number of aryl methyl sites for hydroxylation is 2. The second-order valence-corrected chi connectivity index (χ2v) is 5.96. The lowest BCUT2D eigenvalue weighted by Gasteiger charge is -2.04. The average Bonchev–Trinajstić information content (AvgIpc) is 3.16. The number of anilines is 1. The van der Waals surface area contributed by atoms with Crippen LogP contribution in [0, 0.1) is 13.8 Å². The van der Waals surface area contributed by atoms with Crippen LogP contribution in [0.1, 0.15) is 40.2 Å². The number of hydrogen-bond donors (Lipinski definition) is 1. The van der Waals surface area contributed by atoms with Crippen LogP contribution in [0.15, 0.2) is 12.3 Å². The van der Waals surface area contributed by atoms with E-state index in [1.54, 1.807) is 11.3 Å². The van der Waals surface area contributed by atoms with Crippen LogP contribution in [-0.2, 0) is 6.54 Å². The quantitative estimate of drug-likeness (QED) is 0.918.